The molecule has 4 nitrogen and oxygen atoms in total. The summed E-state index contributed by atoms with van der Waals surface area (Å²) in [6, 6.07) is 0. The summed E-state index contributed by atoms with van der Waals surface area (Å²) in [7, 11) is 0. The predicted molar refractivity (Wildman–Crippen MR) is 57.7 cm³/mol. The molecule has 1 aromatic heterocycles. The van der Waals surface area contributed by atoms with Crippen molar-refractivity contribution in [3.05, 3.63) is 6.20 Å². The number of hydrogen-bond donors (Lipinski definition) is 1. The molecule has 0 saturated carbocycles. The molecule has 1 rings (SSSR count). The highest BCUT2D eigenvalue weighted by atomic mass is 15.4. The van der Waals surface area contributed by atoms with Gasteiger partial charge in [-0.05, 0) is 12.3 Å². The van der Waals surface area contributed by atoms with E-state index in [-0.39, 0.29) is 0 Å². The first-order valence-electron chi connectivity index (χ1n) is 5.41. The van der Waals surface area contributed by atoms with E-state index in [1.165, 1.54) is 25.7 Å². The van der Waals surface area contributed by atoms with E-state index in [0.29, 0.717) is 11.7 Å². The van der Waals surface area contributed by atoms with E-state index >= 15 is 0 Å². The standard InChI is InChI=1S/C10H20N4/c1-3-5-6-9(4-2)7-14-8-10(11)12-13-14/h8-9H,3-7,11H2,1-2H3. The molecule has 0 bridgehead atoms. The third-order valence-electron chi connectivity index (χ3n) is 2.54. The van der Waals surface area contributed by atoms with Crippen molar-refractivity contribution in [2.45, 2.75) is 46.1 Å². The Balaban J connectivity index is 2.40. The van der Waals surface area contributed by atoms with Gasteiger partial charge in [0.1, 0.15) is 0 Å². The molecule has 14 heavy (non-hydrogen) atoms. The lowest BCUT2D eigenvalue weighted by Crippen LogP contribution is -2.10. The quantitative estimate of drug-likeness (QED) is 0.757. The van der Waals surface area contributed by atoms with Crippen LogP contribution in [0.4, 0.5) is 5.82 Å². The van der Waals surface area contributed by atoms with Crippen molar-refractivity contribution in [3.8, 4) is 0 Å². The third kappa shape index (κ3) is 3.36. The molecule has 0 radical (unpaired) electrons. The fourth-order valence-corrected chi connectivity index (χ4v) is 1.58. The zero-order chi connectivity index (χ0) is 10.4. The maximum Gasteiger partial charge on any atom is 0.165 e. The SMILES string of the molecule is CCCCC(CC)Cn1cc(N)nn1. The Morgan fingerprint density at radius 2 is 2.29 bits per heavy atom. The first-order valence-corrected chi connectivity index (χ1v) is 5.41. The van der Waals surface area contributed by atoms with Crippen LogP contribution in [0.5, 0.6) is 0 Å². The van der Waals surface area contributed by atoms with Gasteiger partial charge in [0.05, 0.1) is 6.20 Å². The Kier molecular flexibility index (Phi) is 4.43. The molecule has 2 N–H and O–H groups in total. The first-order chi connectivity index (χ1) is 6.76. The van der Waals surface area contributed by atoms with E-state index in [0.717, 1.165) is 6.54 Å². The van der Waals surface area contributed by atoms with Crippen LogP contribution in [-0.4, -0.2) is 15.0 Å². The lowest BCUT2D eigenvalue weighted by molar-refractivity contribution is 0.368. The number of unbranched alkanes of at least 4 members (excludes halogenated alkanes) is 1. The monoisotopic (exact) mass is 196 g/mol. The minimum absolute atomic E-state index is 0.510. The second-order valence-corrected chi connectivity index (χ2v) is 3.78. The fourth-order valence-electron chi connectivity index (χ4n) is 1.58. The molecule has 0 spiro atoms. The molecule has 1 aromatic rings. The van der Waals surface area contributed by atoms with E-state index in [9.17, 15) is 0 Å². The molecule has 0 aromatic carbocycles. The van der Waals surface area contributed by atoms with E-state index in [1.54, 1.807) is 6.20 Å². The Morgan fingerprint density at radius 3 is 2.79 bits per heavy atom. The summed E-state index contributed by atoms with van der Waals surface area (Å²) in [6.45, 7) is 5.39. The summed E-state index contributed by atoms with van der Waals surface area (Å²) in [5, 5.41) is 7.73. The largest absolute Gasteiger partial charge is 0.381 e. The number of nitrogen functional groups attached to an aromatic ring is 1. The number of rotatable bonds is 6. The second kappa shape index (κ2) is 5.62. The highest BCUT2D eigenvalue weighted by Crippen LogP contribution is 2.14. The fraction of sp³-hybridized carbons (Fsp3) is 0.800. The lowest BCUT2D eigenvalue weighted by atomic mass is 10.00. The third-order valence-corrected chi connectivity index (χ3v) is 2.54. The van der Waals surface area contributed by atoms with Gasteiger partial charge in [0.25, 0.3) is 0 Å². The van der Waals surface area contributed by atoms with Crippen LogP contribution in [0.2, 0.25) is 0 Å². The number of aromatic nitrogens is 3. The second-order valence-electron chi connectivity index (χ2n) is 3.78. The van der Waals surface area contributed by atoms with Gasteiger partial charge in [0.2, 0.25) is 0 Å². The predicted octanol–water partition coefficient (Wildman–Crippen LogP) is 2.08. The molecule has 1 heterocycles. The highest BCUT2D eigenvalue weighted by molar-refractivity contribution is 5.19. The molecule has 1 unspecified atom stereocenters. The number of nitrogens with two attached hydrogens (primary N) is 1. The van der Waals surface area contributed by atoms with Crippen LogP contribution < -0.4 is 5.73 Å². The van der Waals surface area contributed by atoms with Crippen molar-refractivity contribution in [1.29, 1.82) is 0 Å². The number of hydrogen-bond acceptors (Lipinski definition) is 3. The summed E-state index contributed by atoms with van der Waals surface area (Å²) < 4.78 is 1.85. The summed E-state index contributed by atoms with van der Waals surface area (Å²) in [5.74, 6) is 1.21. The summed E-state index contributed by atoms with van der Waals surface area (Å²) in [4.78, 5) is 0. The summed E-state index contributed by atoms with van der Waals surface area (Å²) in [5.41, 5.74) is 5.50. The highest BCUT2D eigenvalue weighted by Gasteiger charge is 2.07. The van der Waals surface area contributed by atoms with Crippen LogP contribution in [0.15, 0.2) is 6.20 Å². The van der Waals surface area contributed by atoms with Crippen molar-refractivity contribution < 1.29 is 0 Å². The van der Waals surface area contributed by atoms with Gasteiger partial charge < -0.3 is 5.73 Å². The number of nitrogens with zero attached hydrogens (tertiary/aromatic N) is 3. The van der Waals surface area contributed by atoms with Crippen LogP contribution in [0.25, 0.3) is 0 Å². The zero-order valence-electron chi connectivity index (χ0n) is 9.11. The molecule has 0 aliphatic carbocycles. The topological polar surface area (TPSA) is 56.7 Å². The van der Waals surface area contributed by atoms with Gasteiger partial charge in [0.15, 0.2) is 5.82 Å². The van der Waals surface area contributed by atoms with Crippen molar-refractivity contribution >= 4 is 5.82 Å². The van der Waals surface area contributed by atoms with Gasteiger partial charge in [0, 0.05) is 6.54 Å². The van der Waals surface area contributed by atoms with Gasteiger partial charge in [-0.2, -0.15) is 0 Å². The molecule has 0 aliphatic rings. The number of anilines is 1. The van der Waals surface area contributed by atoms with Crippen LogP contribution in [0.1, 0.15) is 39.5 Å². The van der Waals surface area contributed by atoms with E-state index in [4.69, 9.17) is 5.73 Å². The molecular formula is C10H20N4. The van der Waals surface area contributed by atoms with Gasteiger partial charge in [-0.1, -0.05) is 38.3 Å². The molecule has 4 heteroatoms. The average molecular weight is 196 g/mol. The maximum atomic E-state index is 5.50. The van der Waals surface area contributed by atoms with Crippen LogP contribution >= 0.6 is 0 Å². The summed E-state index contributed by atoms with van der Waals surface area (Å²) >= 11 is 0. The minimum Gasteiger partial charge on any atom is -0.381 e. The normalized spacial score (nSPS) is 13.0. The van der Waals surface area contributed by atoms with Gasteiger partial charge in [-0.25, -0.2) is 0 Å². The molecule has 0 amide bonds. The first kappa shape index (κ1) is 11.0. The zero-order valence-corrected chi connectivity index (χ0v) is 9.11. The Hall–Kier alpha value is -1.06. The molecule has 80 valence electrons. The Labute approximate surface area is 85.5 Å². The molecular weight excluding hydrogens is 176 g/mol. The Morgan fingerprint density at radius 1 is 1.50 bits per heavy atom. The lowest BCUT2D eigenvalue weighted by Gasteiger charge is -2.13. The Bertz CT molecular complexity index is 256. The van der Waals surface area contributed by atoms with Gasteiger partial charge in [-0.15, -0.1) is 5.10 Å². The molecule has 0 saturated heterocycles. The van der Waals surface area contributed by atoms with Crippen LogP contribution in [-0.2, 0) is 6.54 Å². The molecule has 0 fully saturated rings. The van der Waals surface area contributed by atoms with Crippen molar-refractivity contribution in [2.24, 2.45) is 5.92 Å². The van der Waals surface area contributed by atoms with Crippen LogP contribution in [0, 0.1) is 5.92 Å². The van der Waals surface area contributed by atoms with E-state index in [2.05, 4.69) is 24.2 Å². The van der Waals surface area contributed by atoms with Crippen molar-refractivity contribution in [3.63, 3.8) is 0 Å². The molecule has 1 atom stereocenters. The molecule has 0 aliphatic heterocycles. The van der Waals surface area contributed by atoms with Crippen molar-refractivity contribution in [1.82, 2.24) is 15.0 Å². The average Bonchev–Trinajstić information content (AvgIpc) is 2.58. The van der Waals surface area contributed by atoms with Crippen molar-refractivity contribution in [2.75, 3.05) is 5.73 Å². The summed E-state index contributed by atoms with van der Waals surface area (Å²) in [6.07, 6.45) is 6.82. The van der Waals surface area contributed by atoms with Crippen LogP contribution in [0.3, 0.4) is 0 Å². The van der Waals surface area contributed by atoms with E-state index in [1.807, 2.05) is 4.68 Å². The van der Waals surface area contributed by atoms with Gasteiger partial charge in [-0.3, -0.25) is 4.68 Å². The van der Waals surface area contributed by atoms with Gasteiger partial charge >= 0.3 is 0 Å². The maximum absolute atomic E-state index is 5.50. The minimum atomic E-state index is 0.510. The van der Waals surface area contributed by atoms with E-state index < -0.39 is 0 Å². The smallest absolute Gasteiger partial charge is 0.165 e.